The van der Waals surface area contributed by atoms with Crippen LogP contribution in [0.1, 0.15) is 6.23 Å². The van der Waals surface area contributed by atoms with Crippen LogP contribution in [0.2, 0.25) is 0 Å². The summed E-state index contributed by atoms with van der Waals surface area (Å²) < 4.78 is 49.9. The number of aliphatic hydroxyl groups is 2. The topological polar surface area (TPSA) is 276 Å². The zero-order valence-electron chi connectivity index (χ0n) is 15.9. The van der Waals surface area contributed by atoms with Gasteiger partial charge in [0.05, 0.1) is 6.61 Å². The van der Waals surface area contributed by atoms with Crippen molar-refractivity contribution in [2.45, 2.75) is 24.5 Å². The number of nitrogens with zero attached hydrogens (tertiary/aromatic N) is 2. The number of phosphoric acid groups is 3. The first kappa shape index (κ1) is 32.0. The first-order chi connectivity index (χ1) is 13.1. The number of nitrogens with two attached hydrogens (primary N) is 1. The van der Waals surface area contributed by atoms with Crippen molar-refractivity contribution in [1.82, 2.24) is 9.55 Å². The third-order valence-electron chi connectivity index (χ3n) is 3.27. The normalized spacial score (nSPS) is 29.0. The molecule has 0 aromatic carbocycles. The monoisotopic (exact) mass is 527 g/mol. The molecule has 22 heteroatoms. The van der Waals surface area contributed by atoms with Crippen LogP contribution in [0, 0.1) is 0 Å². The predicted molar refractivity (Wildman–Crippen MR) is 84.2 cm³/mol. The fraction of sp³-hybridized carbons (Fsp3) is 0.556. The molecule has 31 heavy (non-hydrogen) atoms. The van der Waals surface area contributed by atoms with E-state index in [-0.39, 0.29) is 64.9 Å². The molecular weight excluding hydrogens is 513 g/mol. The minimum Gasteiger partial charge on any atom is -0.756 e. The summed E-state index contributed by atoms with van der Waals surface area (Å²) in [5, 5.41) is 19.9. The molecule has 7 atom stereocenters. The van der Waals surface area contributed by atoms with Crippen LogP contribution in [0.5, 0.6) is 0 Å². The van der Waals surface area contributed by atoms with Gasteiger partial charge >= 0.3 is 72.6 Å². The number of nitrogen functional groups attached to an aromatic ring is 1. The molecule has 0 aliphatic carbocycles. The molecule has 1 aliphatic heterocycles. The van der Waals surface area contributed by atoms with Crippen molar-refractivity contribution >= 4 is 29.3 Å². The number of hydrogen-bond donors (Lipinski definition) is 5. The zero-order chi connectivity index (χ0) is 22.2. The first-order valence-electron chi connectivity index (χ1n) is 7.21. The molecule has 17 nitrogen and oxygen atoms in total. The first-order valence-corrected chi connectivity index (χ1v) is 11.7. The Balaban J connectivity index is 0.00000450. The van der Waals surface area contributed by atoms with Crippen LogP contribution in [0.25, 0.3) is 0 Å². The number of ether oxygens (including phenoxy) is 1. The molecule has 2 rings (SSSR count). The maximum absolute atomic E-state index is 11.8. The summed E-state index contributed by atoms with van der Waals surface area (Å²) in [5.41, 5.74) is 4.37. The Bertz CT molecular complexity index is 956. The van der Waals surface area contributed by atoms with E-state index in [0.717, 1.165) is 10.8 Å². The van der Waals surface area contributed by atoms with Crippen LogP contribution in [0.15, 0.2) is 17.1 Å². The molecule has 0 saturated carbocycles. The third-order valence-corrected chi connectivity index (χ3v) is 7.00. The van der Waals surface area contributed by atoms with Crippen LogP contribution in [-0.4, -0.2) is 54.5 Å². The predicted octanol–water partition coefficient (Wildman–Crippen LogP) is -9.47. The van der Waals surface area contributed by atoms with Gasteiger partial charge < -0.3 is 40.3 Å². The molecule has 0 amide bonds. The number of hydrogen-bond acceptors (Lipinski definition) is 14. The van der Waals surface area contributed by atoms with Crippen molar-refractivity contribution in [3.05, 3.63) is 22.7 Å². The van der Waals surface area contributed by atoms with E-state index in [9.17, 15) is 43.4 Å². The van der Waals surface area contributed by atoms with Gasteiger partial charge in [0.15, 0.2) is 6.23 Å². The third kappa shape index (κ3) is 9.62. The molecule has 1 aromatic rings. The van der Waals surface area contributed by atoms with Gasteiger partial charge in [-0.05, 0) is 6.07 Å². The van der Waals surface area contributed by atoms with Crippen molar-refractivity contribution in [2.75, 3.05) is 12.3 Å². The Morgan fingerprint density at radius 2 is 1.74 bits per heavy atom. The van der Waals surface area contributed by atoms with Gasteiger partial charge in [-0.1, -0.05) is 0 Å². The summed E-state index contributed by atoms with van der Waals surface area (Å²) in [7, 11) is -17.4. The molecule has 4 unspecified atom stereocenters. The van der Waals surface area contributed by atoms with Crippen LogP contribution in [-0.2, 0) is 31.6 Å². The van der Waals surface area contributed by atoms with E-state index in [4.69, 9.17) is 15.4 Å². The molecule has 1 saturated heterocycles. The quantitative estimate of drug-likeness (QED) is 0.155. The minimum atomic E-state index is -6.03. The van der Waals surface area contributed by atoms with E-state index >= 15 is 0 Å². The Kier molecular flexibility index (Phi) is 12.5. The second kappa shape index (κ2) is 12.1. The van der Waals surface area contributed by atoms with Crippen molar-refractivity contribution in [1.29, 1.82) is 0 Å². The summed E-state index contributed by atoms with van der Waals surface area (Å²) in [5.74, 6) is -0.132. The summed E-state index contributed by atoms with van der Waals surface area (Å²) in [6, 6.07) is 1.19. The van der Waals surface area contributed by atoms with Crippen molar-refractivity contribution in [2.24, 2.45) is 0 Å². The maximum Gasteiger partial charge on any atom is 1.00 e. The van der Waals surface area contributed by atoms with Gasteiger partial charge in [-0.25, -0.2) is 18.0 Å². The molecule has 1 fully saturated rings. The molecular formula is C9H14N3Na2O14P3. The van der Waals surface area contributed by atoms with E-state index in [2.05, 4.69) is 18.1 Å². The van der Waals surface area contributed by atoms with Crippen molar-refractivity contribution in [3.8, 4) is 0 Å². The fourth-order valence-electron chi connectivity index (χ4n) is 2.18. The van der Waals surface area contributed by atoms with Gasteiger partial charge in [0.1, 0.15) is 24.1 Å². The number of phosphoric ester groups is 1. The molecule has 1 aromatic heterocycles. The van der Waals surface area contributed by atoms with Gasteiger partial charge in [0, 0.05) is 6.20 Å². The van der Waals surface area contributed by atoms with Gasteiger partial charge in [0.2, 0.25) is 0 Å². The van der Waals surface area contributed by atoms with E-state index in [0.29, 0.717) is 0 Å². The van der Waals surface area contributed by atoms with E-state index in [1.54, 1.807) is 0 Å². The number of rotatable bonds is 8. The zero-order valence-corrected chi connectivity index (χ0v) is 22.5. The summed E-state index contributed by atoms with van der Waals surface area (Å²) in [6.07, 6.45) is -5.50. The smallest absolute Gasteiger partial charge is 0.756 e. The second-order valence-electron chi connectivity index (χ2n) is 5.43. The summed E-state index contributed by atoms with van der Waals surface area (Å²) >= 11 is 0. The average molecular weight is 527 g/mol. The largest absolute Gasteiger partial charge is 1.00 e. The van der Waals surface area contributed by atoms with Crippen LogP contribution in [0.3, 0.4) is 0 Å². The van der Waals surface area contributed by atoms with Crippen LogP contribution < -0.4 is 80.3 Å². The van der Waals surface area contributed by atoms with Crippen molar-refractivity contribution in [3.63, 3.8) is 0 Å². The molecule has 2 heterocycles. The fourth-order valence-corrected chi connectivity index (χ4v) is 5.11. The Morgan fingerprint density at radius 3 is 2.26 bits per heavy atom. The standard InChI is InChI=1S/C9H16N3O14P3.2Na/c10-5-1-2-12(9(15)11-5)8-7(14)6(13)4(24-8)3-23-28(19,20)26-29(21,22)25-27(16,17)18;;/h1-2,4,6-8,13-14H,3H2,(H,19,20)(H,21,22)(H2,10,11,15)(H2,16,17,18);;/q;2*+1/p-2/t4-,6+,7?,8-;;/m1../s1. The number of aromatic nitrogens is 2. The van der Waals surface area contributed by atoms with Gasteiger partial charge in [-0.2, -0.15) is 4.98 Å². The van der Waals surface area contributed by atoms with Crippen LogP contribution in [0.4, 0.5) is 5.82 Å². The summed E-state index contributed by atoms with van der Waals surface area (Å²) in [6.45, 7) is -1.06. The second-order valence-corrected chi connectivity index (χ2v) is 9.77. The molecule has 0 spiro atoms. The average Bonchev–Trinajstić information content (AvgIpc) is 2.78. The molecule has 1 aliphatic rings. The van der Waals surface area contributed by atoms with Gasteiger partial charge in [-0.3, -0.25) is 18.2 Å². The van der Waals surface area contributed by atoms with Gasteiger partial charge in [-0.15, -0.1) is 0 Å². The molecule has 0 radical (unpaired) electrons. The van der Waals surface area contributed by atoms with Gasteiger partial charge in [0.25, 0.3) is 15.6 Å². The van der Waals surface area contributed by atoms with Crippen molar-refractivity contribution < 1.29 is 120 Å². The molecule has 6 N–H and O–H groups in total. The SMILES string of the molecule is Nc1ccn([C@@H]2O[C@H](COP(=O)(O)OP(=O)([O-])OP(=O)([O-])O)[C@H](O)C2O)c(=O)n1.[Na+].[Na+]. The molecule has 166 valence electrons. The minimum absolute atomic E-state index is 0. The van der Waals surface area contributed by atoms with Crippen LogP contribution >= 0.6 is 23.5 Å². The Hall–Kier alpha value is 0.970. The number of anilines is 1. The Morgan fingerprint density at radius 1 is 1.16 bits per heavy atom. The number of aliphatic hydroxyl groups excluding tert-OH is 2. The van der Waals surface area contributed by atoms with E-state index in [1.807, 2.05) is 0 Å². The van der Waals surface area contributed by atoms with E-state index < -0.39 is 60.3 Å². The molecule has 0 bridgehead atoms. The summed E-state index contributed by atoms with van der Waals surface area (Å²) in [4.78, 5) is 54.3. The van der Waals surface area contributed by atoms with E-state index in [1.165, 1.54) is 6.07 Å². The Labute approximate surface area is 217 Å². The maximum atomic E-state index is 11.8.